The van der Waals surface area contributed by atoms with Crippen LogP contribution in [0.4, 0.5) is 8.78 Å². The third-order valence-corrected chi connectivity index (χ3v) is 3.04. The lowest BCUT2D eigenvalue weighted by Gasteiger charge is -2.06. The third-order valence-electron chi connectivity index (χ3n) is 3.04. The SMILES string of the molecule is CCCn1ccnc1CC(=O)Cc1cccc(F)c1F. The van der Waals surface area contributed by atoms with E-state index in [1.165, 1.54) is 12.1 Å². The summed E-state index contributed by atoms with van der Waals surface area (Å²) in [6.45, 7) is 2.82. The summed E-state index contributed by atoms with van der Waals surface area (Å²) in [6.07, 6.45) is 4.40. The molecule has 1 heterocycles. The number of aryl methyl sites for hydroxylation is 1. The third kappa shape index (κ3) is 3.29. The normalized spacial score (nSPS) is 10.8. The van der Waals surface area contributed by atoms with Gasteiger partial charge in [0.2, 0.25) is 0 Å². The maximum atomic E-state index is 13.5. The van der Waals surface area contributed by atoms with Gasteiger partial charge in [-0.1, -0.05) is 19.1 Å². The second-order valence-corrected chi connectivity index (χ2v) is 4.64. The van der Waals surface area contributed by atoms with E-state index < -0.39 is 11.6 Å². The molecule has 0 saturated carbocycles. The van der Waals surface area contributed by atoms with Gasteiger partial charge < -0.3 is 4.57 Å². The zero-order valence-corrected chi connectivity index (χ0v) is 11.3. The molecule has 2 aromatic rings. The molecule has 0 radical (unpaired) electrons. The van der Waals surface area contributed by atoms with Crippen molar-refractivity contribution in [3.05, 3.63) is 53.6 Å². The van der Waals surface area contributed by atoms with Gasteiger partial charge in [0, 0.05) is 25.4 Å². The molecule has 0 aliphatic heterocycles. The van der Waals surface area contributed by atoms with E-state index in [4.69, 9.17) is 0 Å². The van der Waals surface area contributed by atoms with E-state index in [1.54, 1.807) is 6.20 Å². The Balaban J connectivity index is 2.05. The molecule has 0 spiro atoms. The first-order valence-electron chi connectivity index (χ1n) is 6.56. The predicted octanol–water partition coefficient (Wildman–Crippen LogP) is 2.93. The molecule has 1 aromatic carbocycles. The average molecular weight is 278 g/mol. The van der Waals surface area contributed by atoms with Crippen molar-refractivity contribution in [1.82, 2.24) is 9.55 Å². The molecule has 0 bridgehead atoms. The Morgan fingerprint density at radius 1 is 1.30 bits per heavy atom. The molecular formula is C15H16F2N2O. The van der Waals surface area contributed by atoms with Crippen molar-refractivity contribution >= 4 is 5.78 Å². The molecule has 0 N–H and O–H groups in total. The van der Waals surface area contributed by atoms with Crippen molar-refractivity contribution in [3.8, 4) is 0 Å². The number of benzene rings is 1. The minimum Gasteiger partial charge on any atom is -0.335 e. The minimum absolute atomic E-state index is 0.0867. The molecule has 5 heteroatoms. The van der Waals surface area contributed by atoms with Crippen LogP contribution in [-0.2, 0) is 24.2 Å². The molecule has 0 amide bonds. The van der Waals surface area contributed by atoms with Crippen LogP contribution in [0.3, 0.4) is 0 Å². The first-order valence-corrected chi connectivity index (χ1v) is 6.56. The first-order chi connectivity index (χ1) is 9.61. The Morgan fingerprint density at radius 2 is 2.10 bits per heavy atom. The summed E-state index contributed by atoms with van der Waals surface area (Å²) >= 11 is 0. The number of carbonyl (C=O) groups excluding carboxylic acids is 1. The van der Waals surface area contributed by atoms with E-state index in [2.05, 4.69) is 4.98 Å². The van der Waals surface area contributed by atoms with Crippen molar-refractivity contribution in [2.45, 2.75) is 32.7 Å². The smallest absolute Gasteiger partial charge is 0.162 e. The fraction of sp³-hybridized carbons (Fsp3) is 0.333. The maximum absolute atomic E-state index is 13.5. The molecule has 3 nitrogen and oxygen atoms in total. The predicted molar refractivity (Wildman–Crippen MR) is 71.3 cm³/mol. The van der Waals surface area contributed by atoms with Crippen LogP contribution in [0.1, 0.15) is 24.7 Å². The zero-order valence-electron chi connectivity index (χ0n) is 11.3. The molecule has 0 saturated heterocycles. The Bertz CT molecular complexity index is 608. The summed E-state index contributed by atoms with van der Waals surface area (Å²) in [5.41, 5.74) is 0.0867. The number of halogens is 2. The van der Waals surface area contributed by atoms with Crippen LogP contribution in [-0.4, -0.2) is 15.3 Å². The summed E-state index contributed by atoms with van der Waals surface area (Å²) in [5, 5.41) is 0. The van der Waals surface area contributed by atoms with E-state index in [-0.39, 0.29) is 24.2 Å². The van der Waals surface area contributed by atoms with Gasteiger partial charge in [-0.3, -0.25) is 4.79 Å². The van der Waals surface area contributed by atoms with Crippen molar-refractivity contribution in [2.24, 2.45) is 0 Å². The Morgan fingerprint density at radius 3 is 2.85 bits per heavy atom. The minimum atomic E-state index is -0.947. The van der Waals surface area contributed by atoms with E-state index in [9.17, 15) is 13.6 Å². The van der Waals surface area contributed by atoms with Crippen molar-refractivity contribution in [2.75, 3.05) is 0 Å². The number of aromatic nitrogens is 2. The van der Waals surface area contributed by atoms with E-state index in [0.29, 0.717) is 5.82 Å². The van der Waals surface area contributed by atoms with Crippen LogP contribution in [0.2, 0.25) is 0 Å². The monoisotopic (exact) mass is 278 g/mol. The molecule has 0 atom stereocenters. The summed E-state index contributed by atoms with van der Waals surface area (Å²) in [5.74, 6) is -1.40. The van der Waals surface area contributed by atoms with E-state index >= 15 is 0 Å². The highest BCUT2D eigenvalue weighted by atomic mass is 19.2. The van der Waals surface area contributed by atoms with Crippen molar-refractivity contribution < 1.29 is 13.6 Å². The summed E-state index contributed by atoms with van der Waals surface area (Å²) in [6, 6.07) is 3.87. The van der Waals surface area contributed by atoms with Gasteiger partial charge in [0.05, 0.1) is 6.42 Å². The van der Waals surface area contributed by atoms with Gasteiger partial charge in [0.15, 0.2) is 11.6 Å². The van der Waals surface area contributed by atoms with Gasteiger partial charge in [-0.25, -0.2) is 13.8 Å². The molecule has 2 rings (SSSR count). The summed E-state index contributed by atoms with van der Waals surface area (Å²) in [7, 11) is 0. The summed E-state index contributed by atoms with van der Waals surface area (Å²) < 4.78 is 28.5. The molecule has 106 valence electrons. The number of hydrogen-bond donors (Lipinski definition) is 0. The number of imidazole rings is 1. The Labute approximate surface area is 116 Å². The number of carbonyl (C=O) groups is 1. The molecule has 0 unspecified atom stereocenters. The highest BCUT2D eigenvalue weighted by molar-refractivity contribution is 5.82. The van der Waals surface area contributed by atoms with Gasteiger partial charge >= 0.3 is 0 Å². The molecular weight excluding hydrogens is 262 g/mol. The van der Waals surface area contributed by atoms with Gasteiger partial charge in [0.1, 0.15) is 11.6 Å². The lowest BCUT2D eigenvalue weighted by atomic mass is 10.1. The van der Waals surface area contributed by atoms with Crippen molar-refractivity contribution in [1.29, 1.82) is 0 Å². The quantitative estimate of drug-likeness (QED) is 0.814. The van der Waals surface area contributed by atoms with Crippen LogP contribution in [0.25, 0.3) is 0 Å². The Hall–Kier alpha value is -2.04. The van der Waals surface area contributed by atoms with Crippen LogP contribution < -0.4 is 0 Å². The highest BCUT2D eigenvalue weighted by Gasteiger charge is 2.14. The van der Waals surface area contributed by atoms with E-state index in [1.807, 2.05) is 17.7 Å². The lowest BCUT2D eigenvalue weighted by molar-refractivity contribution is -0.118. The fourth-order valence-electron chi connectivity index (χ4n) is 2.09. The van der Waals surface area contributed by atoms with Crippen LogP contribution in [0, 0.1) is 11.6 Å². The summed E-state index contributed by atoms with van der Waals surface area (Å²) in [4.78, 5) is 16.1. The van der Waals surface area contributed by atoms with Gasteiger partial charge in [-0.2, -0.15) is 0 Å². The number of Topliss-reactive ketones (excluding diaryl/α,β-unsaturated/α-hetero) is 1. The number of nitrogens with zero attached hydrogens (tertiary/aromatic N) is 2. The fourth-order valence-corrected chi connectivity index (χ4v) is 2.09. The lowest BCUT2D eigenvalue weighted by Crippen LogP contribution is -2.13. The molecule has 0 aliphatic carbocycles. The zero-order chi connectivity index (χ0) is 14.5. The second-order valence-electron chi connectivity index (χ2n) is 4.64. The molecule has 20 heavy (non-hydrogen) atoms. The van der Waals surface area contributed by atoms with Gasteiger partial charge in [-0.05, 0) is 18.1 Å². The number of ketones is 1. The molecule has 0 aliphatic rings. The van der Waals surface area contributed by atoms with Crippen molar-refractivity contribution in [3.63, 3.8) is 0 Å². The average Bonchev–Trinajstić information content (AvgIpc) is 2.83. The molecule has 1 aromatic heterocycles. The highest BCUT2D eigenvalue weighted by Crippen LogP contribution is 2.13. The number of hydrogen-bond acceptors (Lipinski definition) is 2. The standard InChI is InChI=1S/C15H16F2N2O/c1-2-7-19-8-6-18-14(19)10-12(20)9-11-4-3-5-13(16)15(11)17/h3-6,8H,2,7,9-10H2,1H3. The van der Waals surface area contributed by atoms with Crippen LogP contribution in [0.5, 0.6) is 0 Å². The first kappa shape index (κ1) is 14.4. The topological polar surface area (TPSA) is 34.9 Å². The Kier molecular flexibility index (Phi) is 4.61. The maximum Gasteiger partial charge on any atom is 0.162 e. The van der Waals surface area contributed by atoms with Gasteiger partial charge in [-0.15, -0.1) is 0 Å². The van der Waals surface area contributed by atoms with E-state index in [0.717, 1.165) is 19.0 Å². The van der Waals surface area contributed by atoms with Gasteiger partial charge in [0.25, 0.3) is 0 Å². The van der Waals surface area contributed by atoms with Crippen LogP contribution in [0.15, 0.2) is 30.6 Å². The largest absolute Gasteiger partial charge is 0.335 e. The second kappa shape index (κ2) is 6.41. The van der Waals surface area contributed by atoms with Crippen LogP contribution >= 0.6 is 0 Å². The molecule has 0 fully saturated rings. The number of rotatable bonds is 6.